The van der Waals surface area contributed by atoms with Crippen LogP contribution >= 0.6 is 11.6 Å². The topological polar surface area (TPSA) is 55.2 Å². The van der Waals surface area contributed by atoms with Gasteiger partial charge in [0.25, 0.3) is 0 Å². The van der Waals surface area contributed by atoms with Crippen molar-refractivity contribution >= 4 is 21.6 Å². The van der Waals surface area contributed by atoms with E-state index in [0.29, 0.717) is 10.7 Å². The Bertz CT molecular complexity index is 828. The highest BCUT2D eigenvalue weighted by atomic mass is 35.5. The van der Waals surface area contributed by atoms with Crippen LogP contribution in [0.15, 0.2) is 24.4 Å². The summed E-state index contributed by atoms with van der Waals surface area (Å²) in [5.41, 5.74) is 0.781. The second kappa shape index (κ2) is 6.82. The SMILES string of the molecule is CN(Cc1cn2c(n1)CCCC2)S(=O)(=O)Cc1cc(Cl)ccc1F. The van der Waals surface area contributed by atoms with Gasteiger partial charge in [-0.1, -0.05) is 11.6 Å². The Kier molecular flexibility index (Phi) is 4.94. The number of halogens is 2. The zero-order chi connectivity index (χ0) is 17.3. The summed E-state index contributed by atoms with van der Waals surface area (Å²) in [5.74, 6) is 0.000436. The zero-order valence-electron chi connectivity index (χ0n) is 13.4. The molecule has 0 spiro atoms. The van der Waals surface area contributed by atoms with E-state index in [0.717, 1.165) is 31.6 Å². The van der Waals surface area contributed by atoms with Crippen molar-refractivity contribution < 1.29 is 12.8 Å². The Morgan fingerprint density at radius 3 is 2.92 bits per heavy atom. The summed E-state index contributed by atoms with van der Waals surface area (Å²) in [4.78, 5) is 4.50. The van der Waals surface area contributed by atoms with Gasteiger partial charge in [-0.25, -0.2) is 17.8 Å². The summed E-state index contributed by atoms with van der Waals surface area (Å²) in [6.45, 7) is 1.09. The molecule has 0 aliphatic carbocycles. The number of sulfonamides is 1. The Morgan fingerprint density at radius 2 is 2.17 bits per heavy atom. The minimum atomic E-state index is -3.67. The number of hydrogen-bond acceptors (Lipinski definition) is 3. The third-order valence-electron chi connectivity index (χ3n) is 4.16. The highest BCUT2D eigenvalue weighted by Crippen LogP contribution is 2.20. The summed E-state index contributed by atoms with van der Waals surface area (Å²) in [7, 11) is -2.18. The van der Waals surface area contributed by atoms with E-state index < -0.39 is 21.6 Å². The molecule has 0 atom stereocenters. The fraction of sp³-hybridized carbons (Fsp3) is 0.438. The van der Waals surface area contributed by atoms with Crippen LogP contribution in [0.1, 0.15) is 29.9 Å². The summed E-state index contributed by atoms with van der Waals surface area (Å²) < 4.78 is 42.1. The van der Waals surface area contributed by atoms with Gasteiger partial charge in [0.05, 0.1) is 18.0 Å². The molecule has 1 aromatic carbocycles. The molecule has 0 saturated heterocycles. The number of imidazole rings is 1. The Morgan fingerprint density at radius 1 is 1.38 bits per heavy atom. The maximum atomic E-state index is 13.8. The molecule has 1 aliphatic heterocycles. The molecular formula is C16H19ClFN3O2S. The van der Waals surface area contributed by atoms with E-state index in [1.165, 1.54) is 29.6 Å². The van der Waals surface area contributed by atoms with Gasteiger partial charge in [-0.3, -0.25) is 0 Å². The molecule has 0 fully saturated rings. The van der Waals surface area contributed by atoms with Crippen LogP contribution in [-0.2, 0) is 35.3 Å². The maximum Gasteiger partial charge on any atom is 0.218 e. The van der Waals surface area contributed by atoms with E-state index in [2.05, 4.69) is 9.55 Å². The Labute approximate surface area is 146 Å². The van der Waals surface area contributed by atoms with E-state index in [4.69, 9.17) is 11.6 Å². The highest BCUT2D eigenvalue weighted by Gasteiger charge is 2.22. The van der Waals surface area contributed by atoms with Crippen LogP contribution in [0, 0.1) is 5.82 Å². The lowest BCUT2D eigenvalue weighted by Crippen LogP contribution is -2.28. The minimum absolute atomic E-state index is 0.0680. The van der Waals surface area contributed by atoms with Crippen LogP contribution in [0.5, 0.6) is 0 Å². The molecule has 0 saturated carbocycles. The standard InChI is InChI=1S/C16H19ClFN3O2S/c1-20(9-14-10-21-7-3-2-4-16(21)19-14)24(22,23)11-12-8-13(17)5-6-15(12)18/h5-6,8,10H,2-4,7,9,11H2,1H3. The van der Waals surface area contributed by atoms with Crippen molar-refractivity contribution in [2.24, 2.45) is 0 Å². The molecule has 0 unspecified atom stereocenters. The normalized spacial score (nSPS) is 14.8. The van der Waals surface area contributed by atoms with E-state index in [1.807, 2.05) is 6.20 Å². The van der Waals surface area contributed by atoms with Crippen molar-refractivity contribution in [2.75, 3.05) is 7.05 Å². The Balaban J connectivity index is 1.74. The van der Waals surface area contributed by atoms with Gasteiger partial charge in [0.2, 0.25) is 10.0 Å². The van der Waals surface area contributed by atoms with E-state index in [-0.39, 0.29) is 12.1 Å². The third-order valence-corrected chi connectivity index (χ3v) is 6.15. The fourth-order valence-corrected chi connectivity index (χ4v) is 4.19. The second-order valence-electron chi connectivity index (χ2n) is 6.05. The first kappa shape index (κ1) is 17.4. The first-order chi connectivity index (χ1) is 11.3. The largest absolute Gasteiger partial charge is 0.335 e. The number of aryl methyl sites for hydroxylation is 2. The van der Waals surface area contributed by atoms with E-state index >= 15 is 0 Å². The van der Waals surface area contributed by atoms with E-state index in [9.17, 15) is 12.8 Å². The predicted molar refractivity (Wildman–Crippen MR) is 90.7 cm³/mol. The summed E-state index contributed by atoms with van der Waals surface area (Å²) >= 11 is 5.83. The number of nitrogens with zero attached hydrogens (tertiary/aromatic N) is 3. The molecule has 24 heavy (non-hydrogen) atoms. The van der Waals surface area contributed by atoms with Crippen LogP contribution in [0.25, 0.3) is 0 Å². The van der Waals surface area contributed by atoms with Gasteiger partial charge in [-0.2, -0.15) is 4.31 Å². The van der Waals surface area contributed by atoms with Crippen molar-refractivity contribution in [3.05, 3.63) is 52.3 Å². The lowest BCUT2D eigenvalue weighted by Gasteiger charge is -2.16. The quantitative estimate of drug-likeness (QED) is 0.811. The van der Waals surface area contributed by atoms with Gasteiger partial charge in [0, 0.05) is 36.8 Å². The lowest BCUT2D eigenvalue weighted by molar-refractivity contribution is 0.460. The first-order valence-corrected chi connectivity index (χ1v) is 9.77. The number of rotatable bonds is 5. The van der Waals surface area contributed by atoms with E-state index in [1.54, 1.807) is 0 Å². The zero-order valence-corrected chi connectivity index (χ0v) is 14.9. The average Bonchev–Trinajstić information content (AvgIpc) is 2.93. The first-order valence-electron chi connectivity index (χ1n) is 7.78. The molecule has 130 valence electrons. The molecule has 5 nitrogen and oxygen atoms in total. The molecule has 1 aliphatic rings. The van der Waals surface area contributed by atoms with Gasteiger partial charge < -0.3 is 4.57 Å². The van der Waals surface area contributed by atoms with Gasteiger partial charge in [0.15, 0.2) is 0 Å². The van der Waals surface area contributed by atoms with Gasteiger partial charge in [0.1, 0.15) is 11.6 Å². The number of aromatic nitrogens is 2. The molecule has 0 bridgehead atoms. The summed E-state index contributed by atoms with van der Waals surface area (Å²) in [6.07, 6.45) is 5.05. The molecule has 0 N–H and O–H groups in total. The molecule has 1 aromatic heterocycles. The molecule has 0 radical (unpaired) electrons. The average molecular weight is 372 g/mol. The lowest BCUT2D eigenvalue weighted by atomic mass is 10.2. The maximum absolute atomic E-state index is 13.8. The van der Waals surface area contributed by atoms with Crippen molar-refractivity contribution in [3.63, 3.8) is 0 Å². The number of hydrogen-bond donors (Lipinski definition) is 0. The van der Waals surface area contributed by atoms with Gasteiger partial charge in [-0.15, -0.1) is 0 Å². The number of benzene rings is 1. The van der Waals surface area contributed by atoms with Crippen LogP contribution in [0.3, 0.4) is 0 Å². The van der Waals surface area contributed by atoms with Gasteiger partial charge in [-0.05, 0) is 31.0 Å². The summed E-state index contributed by atoms with van der Waals surface area (Å²) in [5, 5.41) is 0.311. The molecular weight excluding hydrogens is 353 g/mol. The van der Waals surface area contributed by atoms with Crippen molar-refractivity contribution in [1.82, 2.24) is 13.9 Å². The smallest absolute Gasteiger partial charge is 0.218 e. The molecule has 2 aromatic rings. The highest BCUT2D eigenvalue weighted by molar-refractivity contribution is 7.88. The minimum Gasteiger partial charge on any atom is -0.335 e. The van der Waals surface area contributed by atoms with Gasteiger partial charge >= 0.3 is 0 Å². The van der Waals surface area contributed by atoms with Crippen LogP contribution < -0.4 is 0 Å². The molecule has 3 rings (SSSR count). The summed E-state index contributed by atoms with van der Waals surface area (Å²) in [6, 6.07) is 3.92. The van der Waals surface area contributed by atoms with Crippen molar-refractivity contribution in [2.45, 2.75) is 38.1 Å². The molecule has 8 heteroatoms. The second-order valence-corrected chi connectivity index (χ2v) is 8.56. The van der Waals surface area contributed by atoms with Crippen molar-refractivity contribution in [1.29, 1.82) is 0 Å². The van der Waals surface area contributed by atoms with Crippen LogP contribution in [0.4, 0.5) is 4.39 Å². The molecule has 2 heterocycles. The monoisotopic (exact) mass is 371 g/mol. The third kappa shape index (κ3) is 3.79. The fourth-order valence-electron chi connectivity index (χ4n) is 2.83. The number of fused-ring (bicyclic) bond motifs is 1. The Hall–Kier alpha value is -1.44. The van der Waals surface area contributed by atoms with Crippen LogP contribution in [0.2, 0.25) is 5.02 Å². The predicted octanol–water partition coefficient (Wildman–Crippen LogP) is 2.97. The molecule has 0 amide bonds. The van der Waals surface area contributed by atoms with Crippen molar-refractivity contribution in [3.8, 4) is 0 Å². The van der Waals surface area contributed by atoms with Crippen LogP contribution in [-0.4, -0.2) is 29.3 Å².